The molecule has 2 rings (SSSR count). The van der Waals surface area contributed by atoms with Gasteiger partial charge in [-0.2, -0.15) is 0 Å². The Morgan fingerprint density at radius 1 is 1.10 bits per heavy atom. The molecule has 0 atom stereocenters. The highest BCUT2D eigenvalue weighted by Gasteiger charge is 2.19. The van der Waals surface area contributed by atoms with Crippen molar-refractivity contribution in [2.75, 3.05) is 10.5 Å². The first-order valence-electron chi connectivity index (χ1n) is 5.75. The van der Waals surface area contributed by atoms with Gasteiger partial charge in [0.1, 0.15) is 0 Å². The number of nitrogen functional groups attached to an aromatic ring is 1. The largest absolute Gasteiger partial charge is 0.398 e. The van der Waals surface area contributed by atoms with Crippen molar-refractivity contribution < 1.29 is 8.42 Å². The molecule has 2 aromatic carbocycles. The van der Waals surface area contributed by atoms with Crippen molar-refractivity contribution >= 4 is 56.2 Å². The third kappa shape index (κ3) is 3.37. The molecule has 21 heavy (non-hydrogen) atoms. The lowest BCUT2D eigenvalue weighted by Gasteiger charge is -2.12. The zero-order chi connectivity index (χ0) is 15.8. The molecule has 0 spiro atoms. The van der Waals surface area contributed by atoms with E-state index in [9.17, 15) is 8.42 Å². The summed E-state index contributed by atoms with van der Waals surface area (Å²) in [6.45, 7) is 1.70. The lowest BCUT2D eigenvalue weighted by molar-refractivity contribution is 0.601. The van der Waals surface area contributed by atoms with Gasteiger partial charge >= 0.3 is 0 Å². The van der Waals surface area contributed by atoms with Crippen molar-refractivity contribution in [2.45, 2.75) is 11.8 Å². The van der Waals surface area contributed by atoms with Crippen molar-refractivity contribution in [3.63, 3.8) is 0 Å². The number of halogens is 3. The molecule has 112 valence electrons. The van der Waals surface area contributed by atoms with Crippen LogP contribution in [0, 0.1) is 6.92 Å². The lowest BCUT2D eigenvalue weighted by atomic mass is 10.2. The van der Waals surface area contributed by atoms with Crippen molar-refractivity contribution in [1.82, 2.24) is 0 Å². The summed E-state index contributed by atoms with van der Waals surface area (Å²) >= 11 is 17.8. The van der Waals surface area contributed by atoms with Crippen LogP contribution < -0.4 is 10.5 Å². The first-order valence-corrected chi connectivity index (χ1v) is 8.36. The molecule has 0 bridgehead atoms. The van der Waals surface area contributed by atoms with E-state index in [4.69, 9.17) is 40.5 Å². The van der Waals surface area contributed by atoms with Crippen LogP contribution in [0.1, 0.15) is 5.56 Å². The Hall–Kier alpha value is -1.14. The summed E-state index contributed by atoms with van der Waals surface area (Å²) in [7, 11) is -3.87. The molecule has 0 heterocycles. The predicted molar refractivity (Wildman–Crippen MR) is 87.9 cm³/mol. The number of nitrogens with one attached hydrogen (secondary N) is 1. The number of nitrogens with two attached hydrogens (primary N) is 1. The zero-order valence-electron chi connectivity index (χ0n) is 10.8. The predicted octanol–water partition coefficient (Wildman–Crippen LogP) is 4.34. The normalized spacial score (nSPS) is 11.4. The molecule has 0 aliphatic heterocycles. The second-order valence-electron chi connectivity index (χ2n) is 4.33. The van der Waals surface area contributed by atoms with Gasteiger partial charge in [-0.1, -0.05) is 40.9 Å². The fourth-order valence-corrected chi connectivity index (χ4v) is 3.44. The standard InChI is InChI=1S/C13H11Cl3N2O2S/c1-7-10(15)5-8(6-11(7)17)21(19,20)18-12-4-2-3-9(14)13(12)16/h2-6,18H,17H2,1H3. The average Bonchev–Trinajstić information content (AvgIpc) is 2.40. The first-order chi connectivity index (χ1) is 9.72. The number of benzene rings is 2. The molecular formula is C13H11Cl3N2O2S. The van der Waals surface area contributed by atoms with Gasteiger partial charge in [0.15, 0.2) is 0 Å². The molecule has 0 saturated heterocycles. The molecule has 0 amide bonds. The summed E-state index contributed by atoms with van der Waals surface area (Å²) in [4.78, 5) is -0.0494. The minimum Gasteiger partial charge on any atom is -0.398 e. The SMILES string of the molecule is Cc1c(N)cc(S(=O)(=O)Nc2cccc(Cl)c2Cl)cc1Cl. The van der Waals surface area contributed by atoms with Gasteiger partial charge in [0, 0.05) is 10.7 Å². The number of rotatable bonds is 3. The molecule has 0 aromatic heterocycles. The zero-order valence-corrected chi connectivity index (χ0v) is 13.9. The molecule has 3 N–H and O–H groups in total. The Balaban J connectivity index is 2.46. The third-order valence-electron chi connectivity index (χ3n) is 2.86. The fraction of sp³-hybridized carbons (Fsp3) is 0.0769. The van der Waals surface area contributed by atoms with Gasteiger partial charge in [-0.15, -0.1) is 0 Å². The molecule has 2 aromatic rings. The van der Waals surface area contributed by atoms with E-state index in [1.807, 2.05) is 0 Å². The van der Waals surface area contributed by atoms with Crippen molar-refractivity contribution in [2.24, 2.45) is 0 Å². The smallest absolute Gasteiger partial charge is 0.262 e. The van der Waals surface area contributed by atoms with Crippen LogP contribution >= 0.6 is 34.8 Å². The van der Waals surface area contributed by atoms with Gasteiger partial charge in [0.05, 0.1) is 20.6 Å². The molecule has 0 saturated carbocycles. The number of sulfonamides is 1. The van der Waals surface area contributed by atoms with E-state index < -0.39 is 10.0 Å². The van der Waals surface area contributed by atoms with Gasteiger partial charge in [-0.3, -0.25) is 4.72 Å². The molecule has 8 heteroatoms. The van der Waals surface area contributed by atoms with E-state index in [1.165, 1.54) is 18.2 Å². The summed E-state index contributed by atoms with van der Waals surface area (Å²) in [6.07, 6.45) is 0. The van der Waals surface area contributed by atoms with Crippen LogP contribution in [-0.2, 0) is 10.0 Å². The van der Waals surface area contributed by atoms with Crippen LogP contribution in [-0.4, -0.2) is 8.42 Å². The first kappa shape index (κ1) is 16.2. The van der Waals surface area contributed by atoms with Gasteiger partial charge < -0.3 is 5.73 Å². The maximum atomic E-state index is 12.4. The highest BCUT2D eigenvalue weighted by molar-refractivity contribution is 7.92. The Kier molecular flexibility index (Phi) is 4.58. The molecule has 4 nitrogen and oxygen atoms in total. The minimum atomic E-state index is -3.87. The van der Waals surface area contributed by atoms with Gasteiger partial charge in [0.25, 0.3) is 10.0 Å². The van der Waals surface area contributed by atoms with Crippen LogP contribution in [0.3, 0.4) is 0 Å². The molecule has 0 fully saturated rings. The van der Waals surface area contributed by atoms with Crippen LogP contribution in [0.2, 0.25) is 15.1 Å². The maximum Gasteiger partial charge on any atom is 0.262 e. The quantitative estimate of drug-likeness (QED) is 0.795. The minimum absolute atomic E-state index is 0.0494. The van der Waals surface area contributed by atoms with Crippen molar-refractivity contribution in [3.05, 3.63) is 51.0 Å². The lowest BCUT2D eigenvalue weighted by Crippen LogP contribution is -2.14. The fourth-order valence-electron chi connectivity index (χ4n) is 1.62. The highest BCUT2D eigenvalue weighted by Crippen LogP contribution is 2.32. The van der Waals surface area contributed by atoms with Gasteiger partial charge in [0.2, 0.25) is 0 Å². The van der Waals surface area contributed by atoms with Crippen molar-refractivity contribution in [3.8, 4) is 0 Å². The van der Waals surface area contributed by atoms with E-state index in [-0.39, 0.29) is 25.7 Å². The third-order valence-corrected chi connectivity index (χ3v) is 5.42. The van der Waals surface area contributed by atoms with E-state index in [1.54, 1.807) is 19.1 Å². The number of hydrogen-bond donors (Lipinski definition) is 2. The highest BCUT2D eigenvalue weighted by atomic mass is 35.5. The summed E-state index contributed by atoms with van der Waals surface area (Å²) in [5.41, 5.74) is 6.84. The Bertz CT molecular complexity index is 784. The van der Waals surface area contributed by atoms with E-state index in [2.05, 4.69) is 4.72 Å². The monoisotopic (exact) mass is 364 g/mol. The Morgan fingerprint density at radius 2 is 1.76 bits per heavy atom. The van der Waals surface area contributed by atoms with E-state index in [0.717, 1.165) is 0 Å². The van der Waals surface area contributed by atoms with Crippen LogP contribution in [0.25, 0.3) is 0 Å². The topological polar surface area (TPSA) is 72.2 Å². The van der Waals surface area contributed by atoms with Crippen molar-refractivity contribution in [1.29, 1.82) is 0 Å². The average molecular weight is 366 g/mol. The van der Waals surface area contributed by atoms with Gasteiger partial charge in [-0.05, 0) is 36.8 Å². The van der Waals surface area contributed by atoms with E-state index in [0.29, 0.717) is 11.3 Å². The van der Waals surface area contributed by atoms with Crippen LogP contribution in [0.4, 0.5) is 11.4 Å². The second-order valence-corrected chi connectivity index (χ2v) is 7.20. The van der Waals surface area contributed by atoms with Crippen LogP contribution in [0.5, 0.6) is 0 Å². The molecule has 0 unspecified atom stereocenters. The van der Waals surface area contributed by atoms with E-state index >= 15 is 0 Å². The second kappa shape index (κ2) is 5.93. The Morgan fingerprint density at radius 3 is 2.38 bits per heavy atom. The van der Waals surface area contributed by atoms with Crippen LogP contribution in [0.15, 0.2) is 35.2 Å². The molecule has 0 aliphatic carbocycles. The number of anilines is 2. The van der Waals surface area contributed by atoms with Gasteiger partial charge in [-0.25, -0.2) is 8.42 Å². The summed E-state index contributed by atoms with van der Waals surface area (Å²) < 4.78 is 27.1. The maximum absolute atomic E-state index is 12.4. The molecular weight excluding hydrogens is 355 g/mol. The molecule has 0 aliphatic rings. The summed E-state index contributed by atoms with van der Waals surface area (Å²) in [5, 5.41) is 0.639. The molecule has 0 radical (unpaired) electrons. The summed E-state index contributed by atoms with van der Waals surface area (Å²) in [5.74, 6) is 0. The number of hydrogen-bond acceptors (Lipinski definition) is 3. The summed E-state index contributed by atoms with van der Waals surface area (Å²) in [6, 6.07) is 7.31. The Labute approximate surface area is 137 Å².